The second kappa shape index (κ2) is 6.29. The van der Waals surface area contributed by atoms with Crippen LogP contribution in [0.5, 0.6) is 0 Å². The van der Waals surface area contributed by atoms with Gasteiger partial charge in [0.25, 0.3) is 0 Å². The molecule has 1 aliphatic heterocycles. The molecule has 2 aliphatic carbocycles. The number of alkyl halides is 1. The van der Waals surface area contributed by atoms with Gasteiger partial charge in [0.1, 0.15) is 11.4 Å². The highest BCUT2D eigenvalue weighted by Gasteiger charge is 2.57. The van der Waals surface area contributed by atoms with Gasteiger partial charge in [0.05, 0.1) is 6.04 Å². The van der Waals surface area contributed by atoms with Crippen molar-refractivity contribution in [1.82, 2.24) is 0 Å². The Balaban J connectivity index is 1.87. The van der Waals surface area contributed by atoms with Gasteiger partial charge < -0.3 is 10.8 Å². The molecule has 0 spiro atoms. The molecule has 3 aliphatic rings. The number of aliphatic imine (C=N–C) groups is 1. The van der Waals surface area contributed by atoms with Gasteiger partial charge >= 0.3 is 0 Å². The Morgan fingerprint density at radius 1 is 1.29 bits per heavy atom. The molecule has 0 aromatic carbocycles. The minimum atomic E-state index is -0.911. The molecule has 6 atom stereocenters. The average Bonchev–Trinajstić information content (AvgIpc) is 2.73. The summed E-state index contributed by atoms with van der Waals surface area (Å²) in [6, 6.07) is 0.194. The van der Waals surface area contributed by atoms with Crippen LogP contribution in [0.2, 0.25) is 0 Å². The van der Waals surface area contributed by atoms with E-state index in [1.54, 1.807) is 0 Å². The molecule has 3 rings (SSSR count). The normalized spacial score (nSPS) is 47.0. The van der Waals surface area contributed by atoms with Crippen molar-refractivity contribution in [1.29, 1.82) is 0 Å². The average molecular weight is 331 g/mol. The monoisotopic (exact) mass is 330 g/mol. The van der Waals surface area contributed by atoms with Crippen molar-refractivity contribution in [2.24, 2.45) is 22.6 Å². The summed E-state index contributed by atoms with van der Waals surface area (Å²) in [4.78, 5) is 4.64. The van der Waals surface area contributed by atoms with Gasteiger partial charge in [0, 0.05) is 22.5 Å². The lowest BCUT2D eigenvalue weighted by atomic mass is 9.66. The number of hydrogen-bond acceptors (Lipinski definition) is 4. The molecular formula is C16H27ClN2OS. The fourth-order valence-corrected chi connectivity index (χ4v) is 6.34. The van der Waals surface area contributed by atoms with Crippen LogP contribution >= 0.6 is 23.4 Å². The SMILES string of the molecule is CCSC1CCCCC1C1(O)C(N)=NC2CCC(Cl)CC21. The third-order valence-electron chi connectivity index (χ3n) is 5.68. The van der Waals surface area contributed by atoms with Crippen LogP contribution in [0.4, 0.5) is 0 Å². The summed E-state index contributed by atoms with van der Waals surface area (Å²) in [6.45, 7) is 2.20. The van der Waals surface area contributed by atoms with Crippen LogP contribution in [0.1, 0.15) is 51.9 Å². The number of hydrogen-bond donors (Lipinski definition) is 2. The van der Waals surface area contributed by atoms with Crippen LogP contribution in [0.15, 0.2) is 4.99 Å². The first-order chi connectivity index (χ1) is 10.1. The molecule has 0 saturated heterocycles. The first-order valence-electron chi connectivity index (χ1n) is 8.39. The first kappa shape index (κ1) is 15.9. The van der Waals surface area contributed by atoms with Gasteiger partial charge in [-0.3, -0.25) is 4.99 Å². The van der Waals surface area contributed by atoms with Gasteiger partial charge in [-0.25, -0.2) is 0 Å². The largest absolute Gasteiger partial charge is 0.385 e. The summed E-state index contributed by atoms with van der Waals surface area (Å²) >= 11 is 8.37. The van der Waals surface area contributed by atoms with E-state index >= 15 is 0 Å². The number of aliphatic hydroxyl groups is 1. The second-order valence-electron chi connectivity index (χ2n) is 6.81. The van der Waals surface area contributed by atoms with E-state index in [0.717, 1.165) is 31.4 Å². The number of fused-ring (bicyclic) bond motifs is 1. The maximum Gasteiger partial charge on any atom is 0.130 e. The molecule has 2 saturated carbocycles. The van der Waals surface area contributed by atoms with E-state index < -0.39 is 5.60 Å². The molecule has 120 valence electrons. The van der Waals surface area contributed by atoms with E-state index in [4.69, 9.17) is 17.3 Å². The lowest BCUT2D eigenvalue weighted by Crippen LogP contribution is -2.58. The highest BCUT2D eigenvalue weighted by Crippen LogP contribution is 2.50. The molecule has 0 bridgehead atoms. The molecule has 0 aromatic heterocycles. The fourth-order valence-electron chi connectivity index (χ4n) is 4.68. The fraction of sp³-hybridized carbons (Fsp3) is 0.938. The molecule has 3 N–H and O–H groups in total. The van der Waals surface area contributed by atoms with E-state index in [-0.39, 0.29) is 23.3 Å². The van der Waals surface area contributed by atoms with Gasteiger partial charge in [0.15, 0.2) is 0 Å². The highest BCUT2D eigenvalue weighted by atomic mass is 35.5. The third-order valence-corrected chi connectivity index (χ3v) is 7.40. The van der Waals surface area contributed by atoms with Crippen molar-refractivity contribution in [3.8, 4) is 0 Å². The van der Waals surface area contributed by atoms with Crippen LogP contribution in [-0.2, 0) is 0 Å². The predicted molar refractivity (Wildman–Crippen MR) is 91.2 cm³/mol. The maximum absolute atomic E-state index is 11.6. The Hall–Kier alpha value is 0.0700. The number of halogens is 1. The molecule has 3 nitrogen and oxygen atoms in total. The van der Waals surface area contributed by atoms with E-state index in [2.05, 4.69) is 11.9 Å². The van der Waals surface area contributed by atoms with Crippen molar-refractivity contribution in [3.05, 3.63) is 0 Å². The Bertz CT molecular complexity index is 417. The van der Waals surface area contributed by atoms with Crippen molar-refractivity contribution < 1.29 is 5.11 Å². The summed E-state index contributed by atoms with van der Waals surface area (Å²) < 4.78 is 0. The summed E-state index contributed by atoms with van der Waals surface area (Å²) in [5.41, 5.74) is 5.34. The number of thioether (sulfide) groups is 1. The topological polar surface area (TPSA) is 58.6 Å². The Morgan fingerprint density at radius 3 is 2.81 bits per heavy atom. The quantitative estimate of drug-likeness (QED) is 0.781. The van der Waals surface area contributed by atoms with Gasteiger partial charge in [0.2, 0.25) is 0 Å². The zero-order chi connectivity index (χ0) is 15.0. The van der Waals surface area contributed by atoms with Crippen molar-refractivity contribution in [3.63, 3.8) is 0 Å². The number of nitrogens with zero attached hydrogens (tertiary/aromatic N) is 1. The van der Waals surface area contributed by atoms with Gasteiger partial charge in [-0.05, 0) is 37.9 Å². The summed E-state index contributed by atoms with van der Waals surface area (Å²) in [5.74, 6) is 1.98. The van der Waals surface area contributed by atoms with Crippen LogP contribution < -0.4 is 5.73 Å². The molecule has 0 amide bonds. The van der Waals surface area contributed by atoms with Crippen LogP contribution in [-0.4, -0.2) is 39.0 Å². The standard InChI is InChI=1S/C16H27ClN2OS/c1-2-21-14-6-4-3-5-11(14)16(20)12-9-10(17)7-8-13(12)19-15(16)18/h10-14,20H,2-9H2,1H3,(H2,18,19). The molecule has 21 heavy (non-hydrogen) atoms. The molecule has 0 aromatic rings. The van der Waals surface area contributed by atoms with Gasteiger partial charge in [-0.1, -0.05) is 19.8 Å². The van der Waals surface area contributed by atoms with E-state index in [1.165, 1.54) is 19.3 Å². The third kappa shape index (κ3) is 2.72. The minimum absolute atomic E-state index is 0.136. The van der Waals surface area contributed by atoms with Crippen molar-refractivity contribution in [2.45, 2.75) is 74.1 Å². The van der Waals surface area contributed by atoms with E-state index in [1.807, 2.05) is 11.8 Å². The number of rotatable bonds is 3. The van der Waals surface area contributed by atoms with Crippen molar-refractivity contribution >= 4 is 29.2 Å². The smallest absolute Gasteiger partial charge is 0.130 e. The number of nitrogens with two attached hydrogens (primary N) is 1. The molecule has 1 heterocycles. The molecule has 5 heteroatoms. The van der Waals surface area contributed by atoms with E-state index in [0.29, 0.717) is 11.1 Å². The highest BCUT2D eigenvalue weighted by molar-refractivity contribution is 7.99. The van der Waals surface area contributed by atoms with Gasteiger partial charge in [-0.2, -0.15) is 11.8 Å². The Morgan fingerprint density at radius 2 is 2.05 bits per heavy atom. The zero-order valence-electron chi connectivity index (χ0n) is 12.8. The van der Waals surface area contributed by atoms with Gasteiger partial charge in [-0.15, -0.1) is 11.6 Å². The molecule has 2 fully saturated rings. The van der Waals surface area contributed by atoms with Crippen LogP contribution in [0.25, 0.3) is 0 Å². The maximum atomic E-state index is 11.6. The summed E-state index contributed by atoms with van der Waals surface area (Å²) in [5, 5.41) is 12.2. The lowest BCUT2D eigenvalue weighted by Gasteiger charge is -2.46. The summed E-state index contributed by atoms with van der Waals surface area (Å²) in [6.07, 6.45) is 7.55. The number of amidine groups is 1. The van der Waals surface area contributed by atoms with Crippen LogP contribution in [0, 0.1) is 11.8 Å². The minimum Gasteiger partial charge on any atom is -0.385 e. The van der Waals surface area contributed by atoms with Crippen LogP contribution in [0.3, 0.4) is 0 Å². The summed E-state index contributed by atoms with van der Waals surface area (Å²) in [7, 11) is 0. The first-order valence-corrected chi connectivity index (χ1v) is 9.87. The second-order valence-corrected chi connectivity index (χ2v) is 8.94. The zero-order valence-corrected chi connectivity index (χ0v) is 14.4. The molecular weight excluding hydrogens is 304 g/mol. The predicted octanol–water partition coefficient (Wildman–Crippen LogP) is 3.18. The molecule has 0 radical (unpaired) electrons. The Kier molecular flexibility index (Phi) is 4.77. The van der Waals surface area contributed by atoms with E-state index in [9.17, 15) is 5.11 Å². The Labute approximate surface area is 137 Å². The van der Waals surface area contributed by atoms with Crippen molar-refractivity contribution in [2.75, 3.05) is 5.75 Å². The lowest BCUT2D eigenvalue weighted by molar-refractivity contribution is -0.0263. The molecule has 6 unspecified atom stereocenters.